The highest BCUT2D eigenvalue weighted by atomic mass is 16.5. The van der Waals surface area contributed by atoms with Crippen molar-refractivity contribution in [3.63, 3.8) is 0 Å². The number of methoxy groups -OCH3 is 8. The van der Waals surface area contributed by atoms with E-state index in [0.29, 0.717) is 11.5 Å². The maximum atomic E-state index is 13.8. The van der Waals surface area contributed by atoms with Crippen LogP contribution in [0.15, 0.2) is 60.7 Å². The van der Waals surface area contributed by atoms with Gasteiger partial charge in [-0.25, -0.2) is 0 Å². The molecule has 0 bridgehead atoms. The first kappa shape index (κ1) is 34.8. The third-order valence-corrected chi connectivity index (χ3v) is 7.50. The lowest BCUT2D eigenvalue weighted by molar-refractivity contribution is 0.0814. The van der Waals surface area contributed by atoms with E-state index in [2.05, 4.69) is 0 Å². The molecule has 0 atom stereocenters. The van der Waals surface area contributed by atoms with Gasteiger partial charge >= 0.3 is 0 Å². The topological polar surface area (TPSA) is 142 Å². The van der Waals surface area contributed by atoms with E-state index in [1.165, 1.54) is 93.3 Å². The summed E-state index contributed by atoms with van der Waals surface area (Å²) in [7, 11) is 11.0. The summed E-state index contributed by atoms with van der Waals surface area (Å²) in [6.45, 7) is 0. The average molecular weight is 659 g/mol. The number of benzene rings is 4. The van der Waals surface area contributed by atoms with E-state index in [9.17, 15) is 19.2 Å². The second-order valence-electron chi connectivity index (χ2n) is 9.92. The lowest BCUT2D eigenvalue weighted by atomic mass is 9.91. The van der Waals surface area contributed by atoms with Crippen molar-refractivity contribution < 1.29 is 57.1 Å². The second kappa shape index (κ2) is 15.0. The molecular weight excluding hydrogens is 624 g/mol. The molecule has 0 spiro atoms. The summed E-state index contributed by atoms with van der Waals surface area (Å²) < 4.78 is 44.2. The zero-order chi connectivity index (χ0) is 35.1. The third-order valence-electron chi connectivity index (χ3n) is 7.50. The summed E-state index contributed by atoms with van der Waals surface area (Å²) in [5, 5.41) is 0. The Kier molecular flexibility index (Phi) is 10.9. The van der Waals surface area contributed by atoms with Crippen LogP contribution in [0.3, 0.4) is 0 Å². The predicted molar refractivity (Wildman–Crippen MR) is 174 cm³/mol. The molecule has 12 heteroatoms. The van der Waals surface area contributed by atoms with E-state index in [4.69, 9.17) is 37.9 Å². The minimum Gasteiger partial charge on any atom is -0.497 e. The Bertz CT molecular complexity index is 1720. The maximum absolute atomic E-state index is 13.8. The summed E-state index contributed by atoms with van der Waals surface area (Å²) in [5.74, 6) is -2.60. The number of hydrogen-bond donors (Lipinski definition) is 0. The molecule has 0 aliphatic rings. The molecule has 0 saturated heterocycles. The predicted octanol–water partition coefficient (Wildman–Crippen LogP) is 5.55. The van der Waals surface area contributed by atoms with Gasteiger partial charge < -0.3 is 37.9 Å². The fourth-order valence-corrected chi connectivity index (χ4v) is 5.16. The molecule has 48 heavy (non-hydrogen) atoms. The van der Waals surface area contributed by atoms with E-state index in [-0.39, 0.29) is 67.9 Å². The van der Waals surface area contributed by atoms with Gasteiger partial charge in [-0.2, -0.15) is 0 Å². The summed E-state index contributed by atoms with van der Waals surface area (Å²) in [5.41, 5.74) is 0.144. The zero-order valence-electron chi connectivity index (χ0n) is 27.7. The van der Waals surface area contributed by atoms with Gasteiger partial charge in [-0.3, -0.25) is 19.2 Å². The van der Waals surface area contributed by atoms with Crippen molar-refractivity contribution in [1.29, 1.82) is 0 Å². The maximum Gasteiger partial charge on any atom is 0.237 e. The Balaban J connectivity index is 2.00. The molecule has 0 aliphatic heterocycles. The molecule has 0 N–H and O–H groups in total. The summed E-state index contributed by atoms with van der Waals surface area (Å²) in [4.78, 5) is 54.6. The summed E-state index contributed by atoms with van der Waals surface area (Å²) >= 11 is 0. The van der Waals surface area contributed by atoms with E-state index < -0.39 is 23.1 Å². The number of carbonyl (C=O) groups excluding carboxylic acids is 4. The molecule has 0 aromatic heterocycles. The monoisotopic (exact) mass is 658 g/mol. The van der Waals surface area contributed by atoms with E-state index in [0.717, 1.165) is 0 Å². The summed E-state index contributed by atoms with van der Waals surface area (Å²) in [6, 6.07) is 14.8. The van der Waals surface area contributed by atoms with E-state index >= 15 is 0 Å². The van der Waals surface area contributed by atoms with Gasteiger partial charge in [0, 0.05) is 22.3 Å². The van der Waals surface area contributed by atoms with Gasteiger partial charge in [0.2, 0.25) is 34.6 Å². The number of carbonyl (C=O) groups is 4. The smallest absolute Gasteiger partial charge is 0.237 e. The standard InChI is InChI=1S/C36H34O12/c1-41-21-13-9-19(10-14-21)27(37)29(39)25-17-23(31(43-3)35(47-7)33(25)45-5)24-18-26(34(46-6)36(48-8)32(24)44-4)30(40)28(38)20-11-15-22(42-2)16-12-20/h9-18H,1-8H3. The van der Waals surface area contributed by atoms with Gasteiger partial charge in [-0.05, 0) is 60.7 Å². The van der Waals surface area contributed by atoms with Crippen molar-refractivity contribution in [3.8, 4) is 57.1 Å². The molecule has 0 fully saturated rings. The lowest BCUT2D eigenvalue weighted by Gasteiger charge is -2.22. The molecule has 0 unspecified atom stereocenters. The Labute approximate surface area is 277 Å². The van der Waals surface area contributed by atoms with E-state index in [1.807, 2.05) is 0 Å². The molecule has 4 aromatic rings. The SMILES string of the molecule is COc1ccc(C(=O)C(=O)c2cc(-c3cc(C(=O)C(=O)c4ccc(OC)cc4)c(OC)c(OC)c3OC)c(OC)c(OC)c2OC)cc1. The molecular formula is C36H34O12. The molecule has 4 rings (SSSR count). The average Bonchev–Trinajstić information content (AvgIpc) is 3.14. The van der Waals surface area contributed by atoms with Crippen LogP contribution in [-0.2, 0) is 0 Å². The molecule has 12 nitrogen and oxygen atoms in total. The second-order valence-corrected chi connectivity index (χ2v) is 9.92. The molecule has 4 aromatic carbocycles. The summed E-state index contributed by atoms with van der Waals surface area (Å²) in [6.07, 6.45) is 0. The molecule has 250 valence electrons. The molecule has 0 aliphatic carbocycles. The first-order valence-corrected chi connectivity index (χ1v) is 14.3. The molecule has 0 amide bonds. The quantitative estimate of drug-likeness (QED) is 0.117. The first-order valence-electron chi connectivity index (χ1n) is 14.3. The molecule has 0 saturated carbocycles. The van der Waals surface area contributed by atoms with Crippen LogP contribution in [0.25, 0.3) is 11.1 Å². The Hall–Kier alpha value is -6.04. The van der Waals surface area contributed by atoms with Crippen LogP contribution in [0.5, 0.6) is 46.0 Å². The first-order chi connectivity index (χ1) is 23.1. The number of Topliss-reactive ketones (excluding diaryl/α,β-unsaturated/α-hetero) is 4. The van der Waals surface area contributed by atoms with Gasteiger partial charge in [-0.1, -0.05) is 0 Å². The van der Waals surface area contributed by atoms with Crippen LogP contribution in [0.2, 0.25) is 0 Å². The minimum absolute atomic E-state index is 0.0256. The van der Waals surface area contributed by atoms with Crippen molar-refractivity contribution >= 4 is 23.1 Å². The van der Waals surface area contributed by atoms with Crippen LogP contribution in [0.4, 0.5) is 0 Å². The Morgan fingerprint density at radius 2 is 0.646 bits per heavy atom. The van der Waals surface area contributed by atoms with Crippen LogP contribution in [0, 0.1) is 0 Å². The number of hydrogen-bond acceptors (Lipinski definition) is 12. The Morgan fingerprint density at radius 3 is 0.896 bits per heavy atom. The molecule has 0 heterocycles. The highest BCUT2D eigenvalue weighted by molar-refractivity contribution is 6.50. The Morgan fingerprint density at radius 1 is 0.354 bits per heavy atom. The van der Waals surface area contributed by atoms with Gasteiger partial charge in [-0.15, -0.1) is 0 Å². The van der Waals surface area contributed by atoms with Gasteiger partial charge in [0.05, 0.1) is 68.0 Å². The number of rotatable bonds is 15. The highest BCUT2D eigenvalue weighted by Crippen LogP contribution is 2.53. The van der Waals surface area contributed by atoms with Gasteiger partial charge in [0.1, 0.15) is 11.5 Å². The minimum atomic E-state index is -0.926. The van der Waals surface area contributed by atoms with Crippen LogP contribution < -0.4 is 37.9 Å². The van der Waals surface area contributed by atoms with Crippen molar-refractivity contribution in [3.05, 3.63) is 82.9 Å². The number of ether oxygens (including phenoxy) is 8. The fraction of sp³-hybridized carbons (Fsp3) is 0.222. The van der Waals surface area contributed by atoms with Crippen LogP contribution in [-0.4, -0.2) is 80.0 Å². The van der Waals surface area contributed by atoms with Crippen molar-refractivity contribution in [2.24, 2.45) is 0 Å². The number of ketones is 4. The van der Waals surface area contributed by atoms with Crippen molar-refractivity contribution in [2.45, 2.75) is 0 Å². The van der Waals surface area contributed by atoms with Gasteiger partial charge in [0.15, 0.2) is 23.0 Å². The largest absolute Gasteiger partial charge is 0.497 e. The molecule has 0 radical (unpaired) electrons. The van der Waals surface area contributed by atoms with Crippen molar-refractivity contribution in [2.75, 3.05) is 56.9 Å². The van der Waals surface area contributed by atoms with Crippen LogP contribution in [0.1, 0.15) is 41.4 Å². The normalized spacial score (nSPS) is 10.4. The fourth-order valence-electron chi connectivity index (χ4n) is 5.16. The lowest BCUT2D eigenvalue weighted by Crippen LogP contribution is -2.17. The van der Waals surface area contributed by atoms with E-state index in [1.54, 1.807) is 24.3 Å². The van der Waals surface area contributed by atoms with Gasteiger partial charge in [0.25, 0.3) is 0 Å². The third kappa shape index (κ3) is 6.32. The highest BCUT2D eigenvalue weighted by Gasteiger charge is 2.34. The zero-order valence-corrected chi connectivity index (χ0v) is 27.7. The van der Waals surface area contributed by atoms with Crippen LogP contribution >= 0.6 is 0 Å². The van der Waals surface area contributed by atoms with Crippen molar-refractivity contribution in [1.82, 2.24) is 0 Å².